The number of amides is 1. The van der Waals surface area contributed by atoms with Crippen LogP contribution < -0.4 is 10.1 Å². The maximum atomic E-state index is 12.2. The average molecular weight is 368 g/mol. The molecule has 0 aromatic heterocycles. The molecule has 0 saturated heterocycles. The lowest BCUT2D eigenvalue weighted by Crippen LogP contribution is -2.15. The molecule has 0 saturated carbocycles. The number of anilines is 1. The van der Waals surface area contributed by atoms with Crippen LogP contribution >= 0.6 is 0 Å². The van der Waals surface area contributed by atoms with Crippen molar-refractivity contribution in [2.24, 2.45) is 0 Å². The zero-order valence-corrected chi connectivity index (χ0v) is 17.3. The van der Waals surface area contributed by atoms with Gasteiger partial charge in [0.25, 0.3) is 0 Å². The Morgan fingerprint density at radius 2 is 1.74 bits per heavy atom. The second kappa shape index (κ2) is 9.59. The highest BCUT2D eigenvalue weighted by atomic mass is 16.5. The van der Waals surface area contributed by atoms with Crippen molar-refractivity contribution in [1.29, 1.82) is 0 Å². The van der Waals surface area contributed by atoms with Gasteiger partial charge in [0.05, 0.1) is 6.61 Å². The van der Waals surface area contributed by atoms with E-state index >= 15 is 0 Å². The van der Waals surface area contributed by atoms with Crippen molar-refractivity contribution in [2.45, 2.75) is 65.2 Å². The van der Waals surface area contributed by atoms with Crippen molar-refractivity contribution in [2.75, 3.05) is 11.9 Å². The molecule has 0 aliphatic heterocycles. The number of carbonyl (C=O) groups is 1. The van der Waals surface area contributed by atoms with Gasteiger partial charge in [-0.2, -0.15) is 0 Å². The van der Waals surface area contributed by atoms with E-state index in [2.05, 4.69) is 58.1 Å². The van der Waals surface area contributed by atoms with Crippen LogP contribution in [0, 0.1) is 0 Å². The van der Waals surface area contributed by atoms with Crippen molar-refractivity contribution >= 4 is 11.6 Å². The van der Waals surface area contributed by atoms with Crippen LogP contribution in [0.1, 0.15) is 70.9 Å². The van der Waals surface area contributed by atoms with Gasteiger partial charge in [0.2, 0.25) is 5.91 Å². The summed E-state index contributed by atoms with van der Waals surface area (Å²) in [5.74, 6) is 1.27. The van der Waals surface area contributed by atoms with Crippen LogP contribution in [-0.2, 0) is 10.2 Å². The number of para-hydroxylation sites is 1. The number of benzene rings is 2. The summed E-state index contributed by atoms with van der Waals surface area (Å²) in [5, 5.41) is 3.03. The molecule has 0 unspecified atom stereocenters. The monoisotopic (exact) mass is 367 g/mol. The predicted molar refractivity (Wildman–Crippen MR) is 114 cm³/mol. The minimum atomic E-state index is 0.0340. The number of nitrogens with one attached hydrogen (secondary N) is 1. The normalized spacial score (nSPS) is 11.5. The highest BCUT2D eigenvalue weighted by Gasteiger charge is 2.17. The van der Waals surface area contributed by atoms with E-state index in [-0.39, 0.29) is 11.3 Å². The molecule has 0 aliphatic carbocycles. The van der Waals surface area contributed by atoms with E-state index in [0.717, 1.165) is 23.4 Å². The Morgan fingerprint density at radius 1 is 1.07 bits per heavy atom. The maximum absolute atomic E-state index is 12.2. The van der Waals surface area contributed by atoms with Gasteiger partial charge >= 0.3 is 0 Å². The minimum Gasteiger partial charge on any atom is -0.494 e. The van der Waals surface area contributed by atoms with Crippen LogP contribution in [-0.4, -0.2) is 12.5 Å². The van der Waals surface area contributed by atoms with Crippen LogP contribution in [0.2, 0.25) is 0 Å². The fourth-order valence-corrected chi connectivity index (χ4v) is 2.96. The van der Waals surface area contributed by atoms with Crippen LogP contribution in [0.25, 0.3) is 0 Å². The first-order valence-corrected chi connectivity index (χ1v) is 9.95. The standard InChI is InChI=1S/C24H33NO2/c1-6-24(4,5)19-13-15-20(16-14-19)27-17-9-12-23(26)25-22-11-8-7-10-21(22)18(2)3/h7-8,10-11,13-16,18H,6,9,12,17H2,1-5H3,(H,25,26). The molecular weight excluding hydrogens is 334 g/mol. The quantitative estimate of drug-likeness (QED) is 0.529. The highest BCUT2D eigenvalue weighted by Crippen LogP contribution is 2.28. The number of carbonyl (C=O) groups excluding carboxylic acids is 1. The molecule has 0 fully saturated rings. The first-order valence-electron chi connectivity index (χ1n) is 9.95. The Morgan fingerprint density at radius 3 is 2.37 bits per heavy atom. The highest BCUT2D eigenvalue weighted by molar-refractivity contribution is 5.91. The number of ether oxygens (including phenoxy) is 1. The fraction of sp³-hybridized carbons (Fsp3) is 0.458. The lowest BCUT2D eigenvalue weighted by Gasteiger charge is -2.23. The Bertz CT molecular complexity index is 732. The van der Waals surface area contributed by atoms with E-state index in [1.54, 1.807) is 0 Å². The summed E-state index contributed by atoms with van der Waals surface area (Å²) >= 11 is 0. The van der Waals surface area contributed by atoms with Gasteiger partial charge in [-0.3, -0.25) is 4.79 Å². The molecule has 0 atom stereocenters. The summed E-state index contributed by atoms with van der Waals surface area (Å²) in [6, 6.07) is 16.3. The maximum Gasteiger partial charge on any atom is 0.224 e. The molecule has 0 aliphatic rings. The molecule has 146 valence electrons. The van der Waals surface area contributed by atoms with Crippen molar-refractivity contribution in [3.8, 4) is 5.75 Å². The summed E-state index contributed by atoms with van der Waals surface area (Å²) in [5.41, 5.74) is 3.58. The number of hydrogen-bond acceptors (Lipinski definition) is 2. The number of rotatable bonds is 9. The molecular formula is C24H33NO2. The van der Waals surface area contributed by atoms with E-state index in [9.17, 15) is 4.79 Å². The summed E-state index contributed by atoms with van der Waals surface area (Å²) in [4.78, 5) is 12.2. The molecule has 1 amide bonds. The second-order valence-corrected chi connectivity index (χ2v) is 8.00. The van der Waals surface area contributed by atoms with Crippen molar-refractivity contribution in [3.63, 3.8) is 0 Å². The van der Waals surface area contributed by atoms with Crippen LogP contribution in [0.4, 0.5) is 5.69 Å². The van der Waals surface area contributed by atoms with Gasteiger partial charge in [-0.1, -0.05) is 65.0 Å². The Hall–Kier alpha value is -2.29. The second-order valence-electron chi connectivity index (χ2n) is 8.00. The lowest BCUT2D eigenvalue weighted by atomic mass is 9.82. The topological polar surface area (TPSA) is 38.3 Å². The molecule has 0 heterocycles. The van der Waals surface area contributed by atoms with Crippen LogP contribution in [0.3, 0.4) is 0 Å². The van der Waals surface area contributed by atoms with Crippen molar-refractivity contribution in [3.05, 3.63) is 59.7 Å². The molecule has 2 aromatic carbocycles. The predicted octanol–water partition coefficient (Wildman–Crippen LogP) is 6.30. The van der Waals surface area contributed by atoms with Crippen LogP contribution in [0.5, 0.6) is 5.75 Å². The minimum absolute atomic E-state index is 0.0340. The molecule has 0 bridgehead atoms. The first kappa shape index (κ1) is 21.0. The average Bonchev–Trinajstić information content (AvgIpc) is 2.66. The first-order chi connectivity index (χ1) is 12.8. The molecule has 2 rings (SSSR count). The fourth-order valence-electron chi connectivity index (χ4n) is 2.96. The zero-order chi connectivity index (χ0) is 19.9. The van der Waals surface area contributed by atoms with Gasteiger partial charge in [-0.05, 0) is 53.5 Å². The smallest absolute Gasteiger partial charge is 0.224 e. The summed E-state index contributed by atoms with van der Waals surface area (Å²) in [6.45, 7) is 11.5. The Kier molecular flexibility index (Phi) is 7.46. The Balaban J connectivity index is 1.78. The van der Waals surface area contributed by atoms with Gasteiger partial charge in [0.1, 0.15) is 5.75 Å². The van der Waals surface area contributed by atoms with E-state index in [1.807, 2.05) is 30.3 Å². The molecule has 3 nitrogen and oxygen atoms in total. The third-order valence-electron chi connectivity index (χ3n) is 5.19. The molecule has 3 heteroatoms. The SMILES string of the molecule is CCC(C)(C)c1ccc(OCCCC(=O)Nc2ccccc2C(C)C)cc1. The van der Waals surface area contributed by atoms with Gasteiger partial charge in [0.15, 0.2) is 0 Å². The summed E-state index contributed by atoms with van der Waals surface area (Å²) in [6.07, 6.45) is 2.24. The van der Waals surface area contributed by atoms with E-state index < -0.39 is 0 Å². The largest absolute Gasteiger partial charge is 0.494 e. The summed E-state index contributed by atoms with van der Waals surface area (Å²) < 4.78 is 5.79. The van der Waals surface area contributed by atoms with Gasteiger partial charge < -0.3 is 10.1 Å². The number of hydrogen-bond donors (Lipinski definition) is 1. The van der Waals surface area contributed by atoms with E-state index in [0.29, 0.717) is 25.4 Å². The van der Waals surface area contributed by atoms with Gasteiger partial charge in [0, 0.05) is 12.1 Å². The van der Waals surface area contributed by atoms with Gasteiger partial charge in [-0.15, -0.1) is 0 Å². The third kappa shape index (κ3) is 6.13. The third-order valence-corrected chi connectivity index (χ3v) is 5.19. The molecule has 27 heavy (non-hydrogen) atoms. The Labute approximate surface area is 164 Å². The molecule has 0 radical (unpaired) electrons. The summed E-state index contributed by atoms with van der Waals surface area (Å²) in [7, 11) is 0. The molecule has 0 spiro atoms. The lowest BCUT2D eigenvalue weighted by molar-refractivity contribution is -0.116. The zero-order valence-electron chi connectivity index (χ0n) is 17.3. The van der Waals surface area contributed by atoms with Crippen molar-refractivity contribution < 1.29 is 9.53 Å². The van der Waals surface area contributed by atoms with Crippen molar-refractivity contribution in [1.82, 2.24) is 0 Å². The van der Waals surface area contributed by atoms with Crippen LogP contribution in [0.15, 0.2) is 48.5 Å². The van der Waals surface area contributed by atoms with Gasteiger partial charge in [-0.25, -0.2) is 0 Å². The molecule has 1 N–H and O–H groups in total. The molecule has 2 aromatic rings. The van der Waals surface area contributed by atoms with E-state index in [4.69, 9.17) is 4.74 Å². The van der Waals surface area contributed by atoms with E-state index in [1.165, 1.54) is 5.56 Å².